The standard InChI is InChI=1S/C14H16N2O4/c1-9-14(20-9,12-15-13(2,3)8-19-12)10-4-6-11(7-5-10)16(17)18/h4-7,9H,8H2,1-3H3/t9-,14-/m0/s1. The lowest BCUT2D eigenvalue weighted by Crippen LogP contribution is -2.24. The van der Waals surface area contributed by atoms with Crippen LogP contribution in [0.15, 0.2) is 29.3 Å². The van der Waals surface area contributed by atoms with Crippen LogP contribution in [0.3, 0.4) is 0 Å². The van der Waals surface area contributed by atoms with E-state index in [2.05, 4.69) is 4.99 Å². The van der Waals surface area contributed by atoms with Crippen molar-refractivity contribution in [3.05, 3.63) is 39.9 Å². The van der Waals surface area contributed by atoms with Crippen molar-refractivity contribution in [1.82, 2.24) is 0 Å². The molecule has 0 unspecified atom stereocenters. The van der Waals surface area contributed by atoms with Gasteiger partial charge in [0.25, 0.3) is 5.69 Å². The summed E-state index contributed by atoms with van der Waals surface area (Å²) in [5, 5.41) is 10.7. The zero-order valence-corrected chi connectivity index (χ0v) is 11.6. The number of rotatable bonds is 3. The van der Waals surface area contributed by atoms with Crippen molar-refractivity contribution in [1.29, 1.82) is 0 Å². The number of nitro benzene ring substituents is 1. The van der Waals surface area contributed by atoms with E-state index in [1.165, 1.54) is 12.1 Å². The van der Waals surface area contributed by atoms with Crippen LogP contribution in [0.2, 0.25) is 0 Å². The molecule has 1 aromatic rings. The maximum Gasteiger partial charge on any atom is 0.269 e. The monoisotopic (exact) mass is 276 g/mol. The van der Waals surface area contributed by atoms with Crippen molar-refractivity contribution < 1.29 is 14.4 Å². The molecule has 6 heteroatoms. The number of nitro groups is 1. The maximum atomic E-state index is 10.7. The average molecular weight is 276 g/mol. The van der Waals surface area contributed by atoms with Gasteiger partial charge in [0.1, 0.15) is 6.61 Å². The SMILES string of the molecule is C[C@@H]1O[C@]1(C1=NC(C)(C)CO1)c1ccc([N+](=O)[O-])cc1. The minimum absolute atomic E-state index is 0.0448. The van der Waals surface area contributed by atoms with Gasteiger partial charge in [-0.25, -0.2) is 4.99 Å². The Morgan fingerprint density at radius 2 is 1.95 bits per heavy atom. The van der Waals surface area contributed by atoms with Crippen LogP contribution < -0.4 is 0 Å². The largest absolute Gasteiger partial charge is 0.476 e. The van der Waals surface area contributed by atoms with Gasteiger partial charge in [0.2, 0.25) is 5.90 Å². The fourth-order valence-electron chi connectivity index (χ4n) is 2.50. The molecular formula is C14H16N2O4. The Morgan fingerprint density at radius 3 is 2.35 bits per heavy atom. The molecule has 20 heavy (non-hydrogen) atoms. The molecular weight excluding hydrogens is 260 g/mol. The van der Waals surface area contributed by atoms with Crippen LogP contribution in [0.4, 0.5) is 5.69 Å². The highest BCUT2D eigenvalue weighted by molar-refractivity contribution is 5.91. The first-order chi connectivity index (χ1) is 9.35. The Balaban J connectivity index is 1.96. The third-order valence-corrected chi connectivity index (χ3v) is 3.67. The van der Waals surface area contributed by atoms with Gasteiger partial charge in [-0.15, -0.1) is 0 Å². The van der Waals surface area contributed by atoms with E-state index in [0.29, 0.717) is 12.5 Å². The second kappa shape index (κ2) is 4.02. The molecule has 0 aromatic heterocycles. The van der Waals surface area contributed by atoms with E-state index in [9.17, 15) is 10.1 Å². The highest BCUT2D eigenvalue weighted by atomic mass is 16.6. The van der Waals surface area contributed by atoms with Gasteiger partial charge in [-0.05, 0) is 38.5 Å². The van der Waals surface area contributed by atoms with E-state index in [1.54, 1.807) is 12.1 Å². The molecule has 0 saturated carbocycles. The zero-order valence-electron chi connectivity index (χ0n) is 11.6. The number of benzene rings is 1. The van der Waals surface area contributed by atoms with Gasteiger partial charge in [-0.1, -0.05) is 0 Å². The second-order valence-electron chi connectivity index (χ2n) is 5.82. The van der Waals surface area contributed by atoms with Crippen molar-refractivity contribution in [2.45, 2.75) is 38.0 Å². The molecule has 0 spiro atoms. The van der Waals surface area contributed by atoms with Gasteiger partial charge in [-0.2, -0.15) is 0 Å². The van der Waals surface area contributed by atoms with Gasteiger partial charge >= 0.3 is 0 Å². The lowest BCUT2D eigenvalue weighted by Gasteiger charge is -2.12. The smallest absolute Gasteiger partial charge is 0.269 e. The molecule has 3 rings (SSSR count). The van der Waals surface area contributed by atoms with Crippen LogP contribution in [0.5, 0.6) is 0 Å². The fraction of sp³-hybridized carbons (Fsp3) is 0.500. The molecule has 2 heterocycles. The normalized spacial score (nSPS) is 30.6. The summed E-state index contributed by atoms with van der Waals surface area (Å²) in [7, 11) is 0. The first-order valence-electron chi connectivity index (χ1n) is 6.51. The van der Waals surface area contributed by atoms with Gasteiger partial charge < -0.3 is 9.47 Å². The summed E-state index contributed by atoms with van der Waals surface area (Å²) < 4.78 is 11.4. The van der Waals surface area contributed by atoms with Crippen molar-refractivity contribution in [2.75, 3.05) is 6.61 Å². The molecule has 2 atom stereocenters. The molecule has 0 aliphatic carbocycles. The number of nitrogens with zero attached hydrogens (tertiary/aromatic N) is 2. The fourth-order valence-corrected chi connectivity index (χ4v) is 2.50. The first-order valence-corrected chi connectivity index (χ1v) is 6.51. The molecule has 106 valence electrons. The summed E-state index contributed by atoms with van der Waals surface area (Å²) in [5.74, 6) is 0.573. The average Bonchev–Trinajstić information content (AvgIpc) is 2.94. The number of ether oxygens (including phenoxy) is 2. The Hall–Kier alpha value is -1.95. The number of aliphatic imine (C=N–C) groups is 1. The lowest BCUT2D eigenvalue weighted by molar-refractivity contribution is -0.384. The number of hydrogen-bond donors (Lipinski definition) is 0. The highest BCUT2D eigenvalue weighted by Crippen LogP contribution is 2.49. The van der Waals surface area contributed by atoms with Crippen LogP contribution in [0.1, 0.15) is 26.3 Å². The minimum atomic E-state index is -0.678. The summed E-state index contributed by atoms with van der Waals surface area (Å²) >= 11 is 0. The van der Waals surface area contributed by atoms with Gasteiger partial charge in [0, 0.05) is 12.1 Å². The third kappa shape index (κ3) is 1.87. The van der Waals surface area contributed by atoms with Crippen LogP contribution in [-0.4, -0.2) is 29.1 Å². The predicted octanol–water partition coefficient (Wildman–Crippen LogP) is 2.42. The molecule has 0 amide bonds. The topological polar surface area (TPSA) is 77.3 Å². The Bertz CT molecular complexity index is 594. The lowest BCUT2D eigenvalue weighted by atomic mass is 9.95. The van der Waals surface area contributed by atoms with E-state index >= 15 is 0 Å². The number of hydrogen-bond acceptors (Lipinski definition) is 5. The third-order valence-electron chi connectivity index (χ3n) is 3.67. The van der Waals surface area contributed by atoms with E-state index < -0.39 is 10.5 Å². The molecule has 6 nitrogen and oxygen atoms in total. The van der Waals surface area contributed by atoms with Crippen molar-refractivity contribution in [3.8, 4) is 0 Å². The van der Waals surface area contributed by atoms with Gasteiger partial charge in [0.05, 0.1) is 16.6 Å². The molecule has 2 aliphatic heterocycles. The van der Waals surface area contributed by atoms with Gasteiger partial charge in [-0.3, -0.25) is 10.1 Å². The zero-order chi connectivity index (χ0) is 14.5. The molecule has 1 aromatic carbocycles. The van der Waals surface area contributed by atoms with Crippen LogP contribution in [0, 0.1) is 10.1 Å². The Kier molecular flexibility index (Phi) is 2.62. The summed E-state index contributed by atoms with van der Waals surface area (Å²) in [6.45, 7) is 6.46. The highest BCUT2D eigenvalue weighted by Gasteiger charge is 2.62. The molecule has 0 N–H and O–H groups in total. The van der Waals surface area contributed by atoms with Crippen LogP contribution in [-0.2, 0) is 15.1 Å². The molecule has 0 bridgehead atoms. The molecule has 0 radical (unpaired) electrons. The van der Waals surface area contributed by atoms with Crippen molar-refractivity contribution in [2.24, 2.45) is 4.99 Å². The van der Waals surface area contributed by atoms with Crippen LogP contribution in [0.25, 0.3) is 0 Å². The summed E-state index contributed by atoms with van der Waals surface area (Å²) in [6.07, 6.45) is -0.0448. The predicted molar refractivity (Wildman–Crippen MR) is 72.8 cm³/mol. The second-order valence-corrected chi connectivity index (χ2v) is 5.82. The van der Waals surface area contributed by atoms with E-state index in [0.717, 1.165) is 5.56 Å². The van der Waals surface area contributed by atoms with Crippen molar-refractivity contribution in [3.63, 3.8) is 0 Å². The number of non-ortho nitro benzene ring substituents is 1. The molecule has 2 aliphatic rings. The molecule has 1 fully saturated rings. The Labute approximate surface area is 116 Å². The minimum Gasteiger partial charge on any atom is -0.476 e. The number of epoxide rings is 1. The van der Waals surface area contributed by atoms with Crippen LogP contribution >= 0.6 is 0 Å². The molecule has 1 saturated heterocycles. The van der Waals surface area contributed by atoms with Crippen molar-refractivity contribution >= 4 is 11.6 Å². The quantitative estimate of drug-likeness (QED) is 0.482. The van der Waals surface area contributed by atoms with Gasteiger partial charge in [0.15, 0.2) is 5.60 Å². The summed E-state index contributed by atoms with van der Waals surface area (Å²) in [5.41, 5.74) is -0.0311. The Morgan fingerprint density at radius 1 is 1.35 bits per heavy atom. The van der Waals surface area contributed by atoms with E-state index in [-0.39, 0.29) is 17.3 Å². The van der Waals surface area contributed by atoms with E-state index in [4.69, 9.17) is 9.47 Å². The summed E-state index contributed by atoms with van der Waals surface area (Å²) in [4.78, 5) is 14.9. The first kappa shape index (κ1) is 13.1. The maximum absolute atomic E-state index is 10.7. The summed E-state index contributed by atoms with van der Waals surface area (Å²) in [6, 6.07) is 6.37. The van der Waals surface area contributed by atoms with E-state index in [1.807, 2.05) is 20.8 Å².